The minimum atomic E-state index is -3.02. The Morgan fingerprint density at radius 2 is 1.60 bits per heavy atom. The van der Waals surface area contributed by atoms with E-state index in [0.29, 0.717) is 11.1 Å². The first-order chi connectivity index (χ1) is 9.57. The first-order valence-corrected chi connectivity index (χ1v) is 6.83. The molecule has 0 saturated carbocycles. The lowest BCUT2D eigenvalue weighted by Crippen LogP contribution is -2.15. The van der Waals surface area contributed by atoms with Crippen LogP contribution < -0.4 is 0 Å². The summed E-state index contributed by atoms with van der Waals surface area (Å²) in [7, 11) is 0. The lowest BCUT2D eigenvalue weighted by atomic mass is 9.86. The lowest BCUT2D eigenvalue weighted by Gasteiger charge is -2.20. The van der Waals surface area contributed by atoms with Gasteiger partial charge in [-0.25, -0.2) is 0 Å². The van der Waals surface area contributed by atoms with E-state index in [1.165, 1.54) is 6.07 Å². The summed E-state index contributed by atoms with van der Waals surface area (Å²) in [5.41, 5.74) is 2.24. The Hall–Kier alpha value is -1.96. The molecule has 2 aromatic carbocycles. The van der Waals surface area contributed by atoms with Crippen LogP contribution >= 0.6 is 0 Å². The van der Waals surface area contributed by atoms with Gasteiger partial charge in [0.2, 0.25) is 0 Å². The molecule has 1 unspecified atom stereocenters. The van der Waals surface area contributed by atoms with Crippen molar-refractivity contribution in [3.63, 3.8) is 0 Å². The molecule has 3 rings (SSSR count). The van der Waals surface area contributed by atoms with Gasteiger partial charge in [-0.3, -0.25) is 0 Å². The number of benzene rings is 2. The van der Waals surface area contributed by atoms with Crippen LogP contribution in [0.4, 0.5) is 8.78 Å². The maximum absolute atomic E-state index is 14.7. The molecule has 0 spiro atoms. The van der Waals surface area contributed by atoms with Crippen molar-refractivity contribution in [2.75, 3.05) is 0 Å². The first-order valence-electron chi connectivity index (χ1n) is 6.83. The Balaban J connectivity index is 2.38. The summed E-state index contributed by atoms with van der Waals surface area (Å²) in [5.74, 6) is -3.02. The van der Waals surface area contributed by atoms with E-state index in [1.54, 1.807) is 18.2 Å². The molecule has 1 atom stereocenters. The minimum absolute atomic E-state index is 0.00692. The van der Waals surface area contributed by atoms with Gasteiger partial charge in [0.05, 0.1) is 0 Å². The summed E-state index contributed by atoms with van der Waals surface area (Å²) >= 11 is 0. The van der Waals surface area contributed by atoms with Gasteiger partial charge in [0.15, 0.2) is 0 Å². The van der Waals surface area contributed by atoms with Crippen molar-refractivity contribution in [1.29, 1.82) is 0 Å². The Bertz CT molecular complexity index is 671. The molecule has 20 heavy (non-hydrogen) atoms. The molecule has 1 aliphatic rings. The zero-order valence-corrected chi connectivity index (χ0v) is 11.4. The molecule has 1 aliphatic carbocycles. The first kappa shape index (κ1) is 13.0. The quantitative estimate of drug-likeness (QED) is 0.655. The van der Waals surface area contributed by atoms with E-state index in [9.17, 15) is 8.78 Å². The van der Waals surface area contributed by atoms with E-state index >= 15 is 0 Å². The van der Waals surface area contributed by atoms with Gasteiger partial charge in [-0.05, 0) is 23.1 Å². The third-order valence-corrected chi connectivity index (χ3v) is 4.12. The molecule has 0 nitrogen and oxygen atoms in total. The minimum Gasteiger partial charge on any atom is -0.196 e. The highest BCUT2D eigenvalue weighted by atomic mass is 19.3. The predicted octanol–water partition coefficient (Wildman–Crippen LogP) is 5.35. The zero-order chi connectivity index (χ0) is 14.3. The third-order valence-electron chi connectivity index (χ3n) is 4.12. The maximum atomic E-state index is 14.7. The highest BCUT2D eigenvalue weighted by molar-refractivity contribution is 5.76. The standard InChI is InChI=1S/C18H16F2/c1-3-13-15-9-5-4-8-14(15)12(2)18(19,20)17-11-7-6-10-16(13)17/h4-11,13H,2-3H2,1H3. The molecule has 0 N–H and O–H groups in total. The normalized spacial score (nSPS) is 19.9. The van der Waals surface area contributed by atoms with Crippen molar-refractivity contribution in [2.45, 2.75) is 25.2 Å². The molecule has 0 saturated heterocycles. The molecule has 0 fully saturated rings. The van der Waals surface area contributed by atoms with E-state index in [2.05, 4.69) is 6.58 Å². The average molecular weight is 270 g/mol. The van der Waals surface area contributed by atoms with Gasteiger partial charge in [0, 0.05) is 17.1 Å². The third kappa shape index (κ3) is 1.71. The molecule has 2 aromatic rings. The van der Waals surface area contributed by atoms with Gasteiger partial charge in [0.25, 0.3) is 5.92 Å². The Kier molecular flexibility index (Phi) is 2.97. The van der Waals surface area contributed by atoms with Crippen LogP contribution in [0, 0.1) is 0 Å². The maximum Gasteiger partial charge on any atom is 0.298 e. The largest absolute Gasteiger partial charge is 0.298 e. The topological polar surface area (TPSA) is 0 Å². The van der Waals surface area contributed by atoms with Gasteiger partial charge in [-0.15, -0.1) is 0 Å². The van der Waals surface area contributed by atoms with Gasteiger partial charge >= 0.3 is 0 Å². The van der Waals surface area contributed by atoms with Crippen LogP contribution in [0.2, 0.25) is 0 Å². The summed E-state index contributed by atoms with van der Waals surface area (Å²) in [4.78, 5) is 0. The molecule has 0 amide bonds. The zero-order valence-electron chi connectivity index (χ0n) is 11.4. The van der Waals surface area contributed by atoms with Crippen LogP contribution in [0.15, 0.2) is 55.1 Å². The number of alkyl halides is 2. The fourth-order valence-electron chi connectivity index (χ4n) is 3.10. The molecule has 0 aliphatic heterocycles. The van der Waals surface area contributed by atoms with E-state index in [1.807, 2.05) is 31.2 Å². The monoisotopic (exact) mass is 270 g/mol. The molecule has 2 heteroatoms. The number of hydrogen-bond acceptors (Lipinski definition) is 0. The molecular weight excluding hydrogens is 254 g/mol. The Morgan fingerprint density at radius 3 is 2.30 bits per heavy atom. The fourth-order valence-corrected chi connectivity index (χ4v) is 3.10. The van der Waals surface area contributed by atoms with Crippen molar-refractivity contribution in [3.8, 4) is 0 Å². The van der Waals surface area contributed by atoms with Crippen LogP contribution in [0.25, 0.3) is 5.57 Å². The second-order valence-corrected chi connectivity index (χ2v) is 5.19. The van der Waals surface area contributed by atoms with Crippen LogP contribution in [-0.4, -0.2) is 0 Å². The van der Waals surface area contributed by atoms with E-state index in [-0.39, 0.29) is 17.1 Å². The van der Waals surface area contributed by atoms with E-state index < -0.39 is 5.92 Å². The number of fused-ring (bicyclic) bond motifs is 2. The molecule has 0 bridgehead atoms. The lowest BCUT2D eigenvalue weighted by molar-refractivity contribution is 0.0642. The fraction of sp³-hybridized carbons (Fsp3) is 0.222. The van der Waals surface area contributed by atoms with Gasteiger partial charge in [-0.2, -0.15) is 8.78 Å². The van der Waals surface area contributed by atoms with Gasteiger partial charge in [-0.1, -0.05) is 62.0 Å². The number of allylic oxidation sites excluding steroid dienone is 1. The van der Waals surface area contributed by atoms with Crippen molar-refractivity contribution in [1.82, 2.24) is 0 Å². The van der Waals surface area contributed by atoms with Gasteiger partial charge in [0.1, 0.15) is 0 Å². The van der Waals surface area contributed by atoms with Crippen LogP contribution in [0.5, 0.6) is 0 Å². The van der Waals surface area contributed by atoms with Crippen molar-refractivity contribution >= 4 is 5.57 Å². The van der Waals surface area contributed by atoms with Crippen molar-refractivity contribution < 1.29 is 8.78 Å². The Morgan fingerprint density at radius 1 is 1.00 bits per heavy atom. The molecule has 0 radical (unpaired) electrons. The second kappa shape index (κ2) is 4.55. The van der Waals surface area contributed by atoms with Gasteiger partial charge < -0.3 is 0 Å². The molecular formula is C18H16F2. The SMILES string of the molecule is C=C1c2ccccc2C(CC)c2ccccc2C1(F)F. The average Bonchev–Trinajstić information content (AvgIpc) is 2.54. The number of rotatable bonds is 1. The summed E-state index contributed by atoms with van der Waals surface area (Å²) in [6, 6.07) is 14.2. The van der Waals surface area contributed by atoms with Crippen LogP contribution in [0.3, 0.4) is 0 Å². The van der Waals surface area contributed by atoms with Crippen molar-refractivity contribution in [2.24, 2.45) is 0 Å². The van der Waals surface area contributed by atoms with E-state index in [0.717, 1.165) is 12.0 Å². The van der Waals surface area contributed by atoms with Crippen LogP contribution in [0.1, 0.15) is 41.5 Å². The summed E-state index contributed by atoms with van der Waals surface area (Å²) < 4.78 is 29.5. The summed E-state index contributed by atoms with van der Waals surface area (Å²) in [5, 5.41) is 0. The predicted molar refractivity (Wildman–Crippen MR) is 77.9 cm³/mol. The van der Waals surface area contributed by atoms with Crippen LogP contribution in [-0.2, 0) is 5.92 Å². The van der Waals surface area contributed by atoms with Crippen molar-refractivity contribution in [3.05, 3.63) is 77.4 Å². The molecule has 0 aromatic heterocycles. The number of hydrogen-bond donors (Lipinski definition) is 0. The molecule has 0 heterocycles. The summed E-state index contributed by atoms with van der Waals surface area (Å²) in [6.07, 6.45) is 0.789. The summed E-state index contributed by atoms with van der Waals surface area (Å²) in [6.45, 7) is 5.72. The van der Waals surface area contributed by atoms with E-state index in [4.69, 9.17) is 0 Å². The smallest absolute Gasteiger partial charge is 0.196 e. The molecule has 102 valence electrons. The Labute approximate surface area is 117 Å². The second-order valence-electron chi connectivity index (χ2n) is 5.19. The highest BCUT2D eigenvalue weighted by Crippen LogP contribution is 2.50. The highest BCUT2D eigenvalue weighted by Gasteiger charge is 2.42. The number of halogens is 2.